The molecule has 2 N–H and O–H groups in total. The summed E-state index contributed by atoms with van der Waals surface area (Å²) in [6.07, 6.45) is 0. The van der Waals surface area contributed by atoms with Gasteiger partial charge in [-0.1, -0.05) is 0 Å². The van der Waals surface area contributed by atoms with Crippen LogP contribution in [0.2, 0.25) is 0 Å². The topological polar surface area (TPSA) is 77.9 Å². The molecule has 7 heteroatoms. The molecule has 1 unspecified atom stereocenters. The highest BCUT2D eigenvalue weighted by Gasteiger charge is 2.29. The number of pyridine rings is 1. The predicted molar refractivity (Wildman–Crippen MR) is 106 cm³/mol. The number of hydrogen-bond donors (Lipinski definition) is 2. The van der Waals surface area contributed by atoms with E-state index >= 15 is 0 Å². The number of aromatic nitrogens is 1. The number of urea groups is 1. The van der Waals surface area contributed by atoms with Gasteiger partial charge in [0.15, 0.2) is 0 Å². The molecule has 1 aliphatic heterocycles. The maximum Gasteiger partial charge on any atom is 0.322 e. The van der Waals surface area contributed by atoms with Crippen molar-refractivity contribution in [2.75, 3.05) is 38.6 Å². The van der Waals surface area contributed by atoms with E-state index in [1.807, 2.05) is 36.1 Å². The number of fused-ring (bicyclic) bond motifs is 1. The lowest BCUT2D eigenvalue weighted by molar-refractivity contribution is 0.0130. The van der Waals surface area contributed by atoms with Crippen molar-refractivity contribution < 1.29 is 14.6 Å². The molecule has 0 bridgehead atoms. The van der Waals surface area contributed by atoms with Crippen LogP contribution < -0.4 is 10.1 Å². The summed E-state index contributed by atoms with van der Waals surface area (Å²) in [6.45, 7) is 8.39. The lowest BCUT2D eigenvalue weighted by Crippen LogP contribution is -2.57. The molecule has 2 amide bonds. The van der Waals surface area contributed by atoms with Crippen LogP contribution in [0.1, 0.15) is 20.8 Å². The number of piperazine rings is 1. The van der Waals surface area contributed by atoms with Crippen molar-refractivity contribution in [1.82, 2.24) is 14.8 Å². The minimum atomic E-state index is -0.730. The summed E-state index contributed by atoms with van der Waals surface area (Å²) >= 11 is 0. The first-order valence-corrected chi connectivity index (χ1v) is 9.22. The molecule has 7 nitrogen and oxygen atoms in total. The fraction of sp³-hybridized carbons (Fsp3) is 0.500. The highest BCUT2D eigenvalue weighted by Crippen LogP contribution is 2.21. The molecule has 0 spiro atoms. The number of methoxy groups -OCH3 is 1. The lowest BCUT2D eigenvalue weighted by Gasteiger charge is -2.41. The summed E-state index contributed by atoms with van der Waals surface area (Å²) in [5.41, 5.74) is 0.831. The zero-order chi connectivity index (χ0) is 19.6. The molecule has 0 aliphatic carbocycles. The van der Waals surface area contributed by atoms with Gasteiger partial charge in [-0.25, -0.2) is 9.78 Å². The van der Waals surface area contributed by atoms with Gasteiger partial charge >= 0.3 is 6.03 Å². The Morgan fingerprint density at radius 2 is 2.11 bits per heavy atom. The summed E-state index contributed by atoms with van der Waals surface area (Å²) in [6, 6.07) is 9.33. The third-order valence-corrected chi connectivity index (χ3v) is 4.71. The number of nitrogens with one attached hydrogen (secondary N) is 1. The van der Waals surface area contributed by atoms with Crippen LogP contribution in [-0.2, 0) is 0 Å². The Morgan fingerprint density at radius 3 is 2.78 bits per heavy atom. The molecule has 3 rings (SSSR count). The molecule has 1 saturated heterocycles. The van der Waals surface area contributed by atoms with Crippen LogP contribution in [0.25, 0.3) is 10.9 Å². The summed E-state index contributed by atoms with van der Waals surface area (Å²) in [5.74, 6) is 0.567. The van der Waals surface area contributed by atoms with E-state index in [2.05, 4.69) is 15.2 Å². The number of amides is 2. The number of nitrogens with zero attached hydrogens (tertiary/aromatic N) is 3. The Morgan fingerprint density at radius 1 is 1.33 bits per heavy atom. The van der Waals surface area contributed by atoms with Crippen molar-refractivity contribution in [2.24, 2.45) is 0 Å². The molecule has 146 valence electrons. The van der Waals surface area contributed by atoms with Crippen LogP contribution in [0, 0.1) is 0 Å². The fourth-order valence-corrected chi connectivity index (χ4v) is 3.52. The second kappa shape index (κ2) is 7.70. The van der Waals surface area contributed by atoms with Crippen molar-refractivity contribution in [3.05, 3.63) is 30.3 Å². The van der Waals surface area contributed by atoms with Crippen LogP contribution in [0.4, 0.5) is 10.5 Å². The monoisotopic (exact) mass is 372 g/mol. The van der Waals surface area contributed by atoms with Gasteiger partial charge in [0.2, 0.25) is 5.88 Å². The maximum absolute atomic E-state index is 12.7. The SMILES string of the molecule is COc1ccc2cc(NC(=O)N3CCN(CC(C)(C)O)CC3C)ccc2n1. The minimum Gasteiger partial charge on any atom is -0.481 e. The van der Waals surface area contributed by atoms with Gasteiger partial charge in [0.1, 0.15) is 0 Å². The molecule has 1 aliphatic rings. The first kappa shape index (κ1) is 19.4. The van der Waals surface area contributed by atoms with Gasteiger partial charge in [0, 0.05) is 49.4 Å². The van der Waals surface area contributed by atoms with Crippen LogP contribution in [-0.4, -0.2) is 70.9 Å². The largest absolute Gasteiger partial charge is 0.481 e. The number of aliphatic hydroxyl groups is 1. The molecular formula is C20H28N4O3. The van der Waals surface area contributed by atoms with E-state index in [0.29, 0.717) is 19.0 Å². The Bertz CT molecular complexity index is 818. The van der Waals surface area contributed by atoms with Gasteiger partial charge in [-0.05, 0) is 45.0 Å². The first-order valence-electron chi connectivity index (χ1n) is 9.22. The van der Waals surface area contributed by atoms with Crippen molar-refractivity contribution in [3.8, 4) is 5.88 Å². The van der Waals surface area contributed by atoms with Crippen LogP contribution in [0.15, 0.2) is 30.3 Å². The predicted octanol–water partition coefficient (Wildman–Crippen LogP) is 2.55. The van der Waals surface area contributed by atoms with E-state index in [4.69, 9.17) is 4.74 Å². The number of β-amino-alcohol motifs (C(OH)–C–C–N with tert-alkyl or cyclic N) is 1. The van der Waals surface area contributed by atoms with E-state index in [0.717, 1.165) is 29.7 Å². The number of rotatable bonds is 4. The molecule has 1 aromatic heterocycles. The van der Waals surface area contributed by atoms with Crippen molar-refractivity contribution in [1.29, 1.82) is 0 Å². The number of carbonyl (C=O) groups is 1. The lowest BCUT2D eigenvalue weighted by atomic mass is 10.1. The molecule has 0 saturated carbocycles. The quantitative estimate of drug-likeness (QED) is 0.862. The molecule has 27 heavy (non-hydrogen) atoms. The number of carbonyl (C=O) groups excluding carboxylic acids is 1. The number of ether oxygens (including phenoxy) is 1. The van der Waals surface area contributed by atoms with E-state index in [-0.39, 0.29) is 12.1 Å². The number of benzene rings is 1. The third-order valence-electron chi connectivity index (χ3n) is 4.71. The average Bonchev–Trinajstić information content (AvgIpc) is 2.59. The standard InChI is InChI=1S/C20H28N4O3/c1-14-12-23(13-20(2,3)26)9-10-24(14)19(25)21-16-6-7-17-15(11-16)5-8-18(22-17)27-4/h5-8,11,14,26H,9-10,12-13H2,1-4H3,(H,21,25). The van der Waals surface area contributed by atoms with Crippen molar-refractivity contribution in [2.45, 2.75) is 32.4 Å². The van der Waals surface area contributed by atoms with Gasteiger partial charge in [-0.2, -0.15) is 0 Å². The van der Waals surface area contributed by atoms with Crippen molar-refractivity contribution >= 4 is 22.6 Å². The third kappa shape index (κ3) is 4.87. The molecular weight excluding hydrogens is 344 g/mol. The molecule has 1 fully saturated rings. The summed E-state index contributed by atoms with van der Waals surface area (Å²) < 4.78 is 5.14. The number of anilines is 1. The Kier molecular flexibility index (Phi) is 5.53. The van der Waals surface area contributed by atoms with E-state index in [9.17, 15) is 9.90 Å². The Balaban J connectivity index is 1.64. The second-order valence-corrected chi connectivity index (χ2v) is 7.78. The molecule has 0 radical (unpaired) electrons. The Labute approximate surface area is 159 Å². The molecule has 1 aromatic carbocycles. The van der Waals surface area contributed by atoms with Gasteiger partial charge in [0.05, 0.1) is 18.2 Å². The average molecular weight is 372 g/mol. The van der Waals surface area contributed by atoms with Crippen LogP contribution >= 0.6 is 0 Å². The number of hydrogen-bond acceptors (Lipinski definition) is 5. The van der Waals surface area contributed by atoms with Crippen LogP contribution in [0.3, 0.4) is 0 Å². The second-order valence-electron chi connectivity index (χ2n) is 7.78. The molecule has 1 atom stereocenters. The summed E-state index contributed by atoms with van der Waals surface area (Å²) in [4.78, 5) is 21.1. The summed E-state index contributed by atoms with van der Waals surface area (Å²) in [5, 5.41) is 13.9. The molecule has 2 aromatic rings. The Hall–Kier alpha value is -2.38. The van der Waals surface area contributed by atoms with Gasteiger partial charge < -0.3 is 20.1 Å². The van der Waals surface area contributed by atoms with Gasteiger partial charge in [0.25, 0.3) is 0 Å². The summed E-state index contributed by atoms with van der Waals surface area (Å²) in [7, 11) is 1.59. The fourth-order valence-electron chi connectivity index (χ4n) is 3.52. The zero-order valence-electron chi connectivity index (χ0n) is 16.4. The normalized spacial score (nSPS) is 18.6. The first-order chi connectivity index (χ1) is 12.7. The zero-order valence-corrected chi connectivity index (χ0v) is 16.4. The van der Waals surface area contributed by atoms with E-state index < -0.39 is 5.60 Å². The van der Waals surface area contributed by atoms with Crippen molar-refractivity contribution in [3.63, 3.8) is 0 Å². The van der Waals surface area contributed by atoms with E-state index in [1.165, 1.54) is 0 Å². The maximum atomic E-state index is 12.7. The van der Waals surface area contributed by atoms with Crippen LogP contribution in [0.5, 0.6) is 5.88 Å². The highest BCUT2D eigenvalue weighted by atomic mass is 16.5. The smallest absolute Gasteiger partial charge is 0.322 e. The molecule has 2 heterocycles. The highest BCUT2D eigenvalue weighted by molar-refractivity contribution is 5.93. The minimum absolute atomic E-state index is 0.0764. The van der Waals surface area contributed by atoms with Gasteiger partial charge in [-0.3, -0.25) is 4.90 Å². The van der Waals surface area contributed by atoms with E-state index in [1.54, 1.807) is 27.0 Å². The van der Waals surface area contributed by atoms with Gasteiger partial charge in [-0.15, -0.1) is 0 Å².